The van der Waals surface area contributed by atoms with E-state index in [0.717, 1.165) is 6.54 Å². The first-order valence-corrected chi connectivity index (χ1v) is 8.96. The Bertz CT molecular complexity index is 643. The number of hydrogen-bond donors (Lipinski definition) is 1. The van der Waals surface area contributed by atoms with E-state index in [1.807, 2.05) is 14.1 Å². The average molecular weight is 341 g/mol. The van der Waals surface area contributed by atoms with Crippen LogP contribution in [0.5, 0.6) is 0 Å². The third-order valence-electron chi connectivity index (χ3n) is 3.68. The highest BCUT2D eigenvalue weighted by atomic mass is 32.2. The zero-order valence-electron chi connectivity index (χ0n) is 13.4. The SMILES string of the molecule is CN(C)CC1COCCN(C(=O)c2ccc(S(N)(=O)=O)cc2)C1. The number of carbonyl (C=O) groups excluding carboxylic acids is 1. The number of benzene rings is 1. The second kappa shape index (κ2) is 7.39. The summed E-state index contributed by atoms with van der Waals surface area (Å²) in [6.45, 7) is 3.12. The van der Waals surface area contributed by atoms with Gasteiger partial charge in [-0.05, 0) is 38.4 Å². The molecule has 1 aliphatic rings. The van der Waals surface area contributed by atoms with Crippen molar-refractivity contribution in [1.29, 1.82) is 0 Å². The van der Waals surface area contributed by atoms with Gasteiger partial charge in [0, 0.05) is 31.1 Å². The third-order valence-corrected chi connectivity index (χ3v) is 4.61. The van der Waals surface area contributed by atoms with Gasteiger partial charge in [-0.15, -0.1) is 0 Å². The van der Waals surface area contributed by atoms with Gasteiger partial charge in [0.05, 0.1) is 18.1 Å². The lowest BCUT2D eigenvalue weighted by atomic mass is 10.1. The maximum absolute atomic E-state index is 12.6. The van der Waals surface area contributed by atoms with Crippen LogP contribution in [-0.2, 0) is 14.8 Å². The van der Waals surface area contributed by atoms with Gasteiger partial charge in [-0.25, -0.2) is 13.6 Å². The molecule has 1 atom stereocenters. The second-order valence-electron chi connectivity index (χ2n) is 6.02. The Kier molecular flexibility index (Phi) is 5.74. The Hall–Kier alpha value is -1.48. The largest absolute Gasteiger partial charge is 0.379 e. The molecule has 1 aliphatic heterocycles. The van der Waals surface area contributed by atoms with E-state index in [0.29, 0.717) is 31.9 Å². The van der Waals surface area contributed by atoms with Gasteiger partial charge in [-0.1, -0.05) is 0 Å². The van der Waals surface area contributed by atoms with Crippen molar-refractivity contribution < 1.29 is 17.9 Å². The molecule has 2 rings (SSSR count). The zero-order chi connectivity index (χ0) is 17.0. The van der Waals surface area contributed by atoms with Crippen LogP contribution in [0.1, 0.15) is 10.4 Å². The van der Waals surface area contributed by atoms with Gasteiger partial charge in [0.25, 0.3) is 5.91 Å². The summed E-state index contributed by atoms with van der Waals surface area (Å²) >= 11 is 0. The zero-order valence-corrected chi connectivity index (χ0v) is 14.3. The summed E-state index contributed by atoms with van der Waals surface area (Å²) in [5.74, 6) is 0.125. The van der Waals surface area contributed by atoms with E-state index in [1.165, 1.54) is 24.3 Å². The maximum atomic E-state index is 12.6. The second-order valence-corrected chi connectivity index (χ2v) is 7.59. The molecule has 0 saturated carbocycles. The van der Waals surface area contributed by atoms with Gasteiger partial charge in [0.1, 0.15) is 0 Å². The number of rotatable bonds is 4. The molecule has 1 amide bonds. The van der Waals surface area contributed by atoms with Gasteiger partial charge in [-0.2, -0.15) is 0 Å². The first-order valence-electron chi connectivity index (χ1n) is 7.42. The minimum atomic E-state index is -3.75. The number of sulfonamides is 1. The fraction of sp³-hybridized carbons (Fsp3) is 0.533. The molecule has 1 aromatic carbocycles. The number of nitrogens with zero attached hydrogens (tertiary/aromatic N) is 2. The maximum Gasteiger partial charge on any atom is 0.253 e. The molecule has 1 saturated heterocycles. The average Bonchev–Trinajstić information content (AvgIpc) is 2.70. The Balaban J connectivity index is 2.11. The molecule has 0 aliphatic carbocycles. The normalized spacial score (nSPS) is 19.7. The van der Waals surface area contributed by atoms with Crippen LogP contribution < -0.4 is 5.14 Å². The fourth-order valence-corrected chi connectivity index (χ4v) is 3.18. The van der Waals surface area contributed by atoms with Crippen molar-refractivity contribution in [2.45, 2.75) is 4.90 Å². The number of primary sulfonamides is 1. The summed E-state index contributed by atoms with van der Waals surface area (Å²) in [5.41, 5.74) is 0.447. The Labute approximate surface area is 137 Å². The number of hydrogen-bond acceptors (Lipinski definition) is 5. The minimum absolute atomic E-state index is 0.00117. The van der Waals surface area contributed by atoms with E-state index in [4.69, 9.17) is 9.88 Å². The van der Waals surface area contributed by atoms with Crippen LogP contribution in [0.25, 0.3) is 0 Å². The summed E-state index contributed by atoms with van der Waals surface area (Å²) in [6.07, 6.45) is 0. The Morgan fingerprint density at radius 2 is 2.00 bits per heavy atom. The monoisotopic (exact) mass is 341 g/mol. The number of nitrogens with two attached hydrogens (primary N) is 1. The van der Waals surface area contributed by atoms with Crippen LogP contribution in [0.3, 0.4) is 0 Å². The third kappa shape index (κ3) is 5.00. The van der Waals surface area contributed by atoms with Crippen molar-refractivity contribution in [2.75, 3.05) is 46.9 Å². The minimum Gasteiger partial charge on any atom is -0.379 e. The topological polar surface area (TPSA) is 92.9 Å². The quantitative estimate of drug-likeness (QED) is 0.831. The van der Waals surface area contributed by atoms with Crippen LogP contribution in [-0.4, -0.2) is 71.1 Å². The fourth-order valence-electron chi connectivity index (χ4n) is 2.66. The molecule has 0 spiro atoms. The molecule has 7 nitrogen and oxygen atoms in total. The predicted octanol–water partition coefficient (Wildman–Crippen LogP) is -0.0158. The van der Waals surface area contributed by atoms with Crippen molar-refractivity contribution in [3.8, 4) is 0 Å². The van der Waals surface area contributed by atoms with Crippen molar-refractivity contribution in [1.82, 2.24) is 9.80 Å². The summed E-state index contributed by atoms with van der Waals surface area (Å²) < 4.78 is 28.1. The van der Waals surface area contributed by atoms with Crippen LogP contribution in [0.4, 0.5) is 0 Å². The van der Waals surface area contributed by atoms with Crippen molar-refractivity contribution in [3.63, 3.8) is 0 Å². The van der Waals surface area contributed by atoms with E-state index >= 15 is 0 Å². The summed E-state index contributed by atoms with van der Waals surface area (Å²) in [6, 6.07) is 5.70. The van der Waals surface area contributed by atoms with Crippen molar-refractivity contribution >= 4 is 15.9 Å². The summed E-state index contributed by atoms with van der Waals surface area (Å²) in [5, 5.41) is 5.07. The standard InChI is InChI=1S/C15H23N3O4S/c1-17(2)9-12-10-18(7-8-22-11-12)15(19)13-3-5-14(6-4-13)23(16,20)21/h3-6,12H,7-11H2,1-2H3,(H2,16,20,21). The Morgan fingerprint density at radius 3 is 2.57 bits per heavy atom. The molecule has 23 heavy (non-hydrogen) atoms. The van der Waals surface area contributed by atoms with Gasteiger partial charge in [0.15, 0.2) is 0 Å². The molecule has 1 unspecified atom stereocenters. The lowest BCUT2D eigenvalue weighted by Crippen LogP contribution is -2.38. The number of amides is 1. The predicted molar refractivity (Wildman–Crippen MR) is 86.6 cm³/mol. The van der Waals surface area contributed by atoms with E-state index in [1.54, 1.807) is 4.90 Å². The molecule has 0 radical (unpaired) electrons. The molecule has 128 valence electrons. The highest BCUT2D eigenvalue weighted by molar-refractivity contribution is 7.89. The molecular formula is C15H23N3O4S. The van der Waals surface area contributed by atoms with Gasteiger partial charge in [0.2, 0.25) is 10.0 Å². The van der Waals surface area contributed by atoms with Gasteiger partial charge >= 0.3 is 0 Å². The lowest BCUT2D eigenvalue weighted by molar-refractivity contribution is 0.0735. The summed E-state index contributed by atoms with van der Waals surface area (Å²) in [7, 11) is 0.230. The number of carbonyl (C=O) groups is 1. The first-order chi connectivity index (χ1) is 10.8. The van der Waals surface area contributed by atoms with Crippen LogP contribution in [0.15, 0.2) is 29.2 Å². The lowest BCUT2D eigenvalue weighted by Gasteiger charge is -2.25. The molecular weight excluding hydrogens is 318 g/mol. The molecule has 0 aromatic heterocycles. The molecule has 2 N–H and O–H groups in total. The van der Waals surface area contributed by atoms with E-state index in [9.17, 15) is 13.2 Å². The summed E-state index contributed by atoms with van der Waals surface area (Å²) in [4.78, 5) is 16.4. The van der Waals surface area contributed by atoms with Gasteiger partial charge in [-0.3, -0.25) is 4.79 Å². The Morgan fingerprint density at radius 1 is 1.35 bits per heavy atom. The molecule has 1 fully saturated rings. The molecule has 1 heterocycles. The van der Waals surface area contributed by atoms with Crippen LogP contribution in [0, 0.1) is 5.92 Å². The van der Waals surface area contributed by atoms with Gasteiger partial charge < -0.3 is 14.5 Å². The first kappa shape index (κ1) is 17.9. The molecule has 0 bridgehead atoms. The highest BCUT2D eigenvalue weighted by Crippen LogP contribution is 2.14. The van der Waals surface area contributed by atoms with E-state index < -0.39 is 10.0 Å². The van der Waals surface area contributed by atoms with E-state index in [-0.39, 0.29) is 16.7 Å². The van der Waals surface area contributed by atoms with Crippen molar-refractivity contribution in [2.24, 2.45) is 11.1 Å². The number of ether oxygens (including phenoxy) is 1. The van der Waals surface area contributed by atoms with Crippen LogP contribution >= 0.6 is 0 Å². The smallest absolute Gasteiger partial charge is 0.253 e. The van der Waals surface area contributed by atoms with Crippen LogP contribution in [0.2, 0.25) is 0 Å². The molecule has 8 heteroatoms. The van der Waals surface area contributed by atoms with Crippen molar-refractivity contribution in [3.05, 3.63) is 29.8 Å². The molecule has 1 aromatic rings. The highest BCUT2D eigenvalue weighted by Gasteiger charge is 2.24. The van der Waals surface area contributed by atoms with E-state index in [2.05, 4.69) is 4.90 Å².